The minimum Gasteiger partial charge on any atom is -0.457 e. The Bertz CT molecular complexity index is 1050. The summed E-state index contributed by atoms with van der Waals surface area (Å²) >= 11 is 0. The van der Waals surface area contributed by atoms with Gasteiger partial charge in [-0.3, -0.25) is 13.8 Å². The Balaban J connectivity index is 3.92. The molecule has 0 aromatic carbocycles. The quantitative estimate of drug-likeness (QED) is 0.0269. The van der Waals surface area contributed by atoms with Crippen molar-refractivity contribution < 1.29 is 32.8 Å². The molecule has 0 rings (SSSR count). The van der Waals surface area contributed by atoms with Crippen molar-refractivity contribution in [3.05, 3.63) is 48.6 Å². The molecule has 0 saturated heterocycles. The number of carbonyl (C=O) groups is 1. The average molecular weight is 852 g/mol. The third kappa shape index (κ3) is 47.4. The van der Waals surface area contributed by atoms with E-state index in [-0.39, 0.29) is 32.3 Å². The zero-order chi connectivity index (χ0) is 43.0. The van der Waals surface area contributed by atoms with E-state index in [9.17, 15) is 14.3 Å². The van der Waals surface area contributed by atoms with Gasteiger partial charge in [0.05, 0.1) is 19.8 Å². The zero-order valence-corrected chi connectivity index (χ0v) is 39.4. The molecule has 8 nitrogen and oxygen atoms in total. The summed E-state index contributed by atoms with van der Waals surface area (Å²) in [4.78, 5) is 22.6. The number of allylic oxidation sites excluding steroid dienone is 8. The first-order valence-electron chi connectivity index (χ1n) is 24.6. The van der Waals surface area contributed by atoms with E-state index in [1.54, 1.807) is 0 Å². The molecular formula is C50H94NO7P. The maximum atomic E-state index is 12.6. The van der Waals surface area contributed by atoms with E-state index in [1.807, 2.05) is 0 Å². The second-order valence-corrected chi connectivity index (χ2v) is 17.8. The second kappa shape index (κ2) is 47.5. The van der Waals surface area contributed by atoms with Gasteiger partial charge in [-0.25, -0.2) is 4.57 Å². The smallest absolute Gasteiger partial charge is 0.457 e. The van der Waals surface area contributed by atoms with Gasteiger partial charge in [-0.05, 0) is 51.4 Å². The first kappa shape index (κ1) is 57.5. The molecule has 3 N–H and O–H groups in total. The highest BCUT2D eigenvalue weighted by Gasteiger charge is 2.25. The minimum atomic E-state index is -4.28. The van der Waals surface area contributed by atoms with Crippen molar-refractivity contribution >= 4 is 13.8 Å². The number of nitrogens with two attached hydrogens (primary N) is 1. The molecule has 2 atom stereocenters. The monoisotopic (exact) mass is 852 g/mol. The third-order valence-corrected chi connectivity index (χ3v) is 11.5. The van der Waals surface area contributed by atoms with Crippen LogP contribution in [0.1, 0.15) is 226 Å². The molecule has 9 heteroatoms. The Kier molecular flexibility index (Phi) is 46.3. The molecule has 0 fully saturated rings. The number of hydrogen-bond donors (Lipinski definition) is 2. The van der Waals surface area contributed by atoms with Gasteiger partial charge in [0.25, 0.3) is 0 Å². The van der Waals surface area contributed by atoms with Crippen molar-refractivity contribution in [3.8, 4) is 0 Å². The lowest BCUT2D eigenvalue weighted by Crippen LogP contribution is -2.28. The van der Waals surface area contributed by atoms with E-state index in [0.29, 0.717) is 13.0 Å². The first-order valence-corrected chi connectivity index (χ1v) is 26.1. The number of phosphoric ester groups is 1. The summed E-state index contributed by atoms with van der Waals surface area (Å²) in [5.41, 5.74) is 5.38. The average Bonchev–Trinajstić information content (AvgIpc) is 3.23. The van der Waals surface area contributed by atoms with Gasteiger partial charge in [0, 0.05) is 19.6 Å². The normalized spacial score (nSPS) is 13.8. The Morgan fingerprint density at radius 3 is 1.42 bits per heavy atom. The molecule has 0 aromatic rings. The Morgan fingerprint density at radius 1 is 0.525 bits per heavy atom. The molecule has 0 aliphatic heterocycles. The molecule has 0 aromatic heterocycles. The summed E-state index contributed by atoms with van der Waals surface area (Å²) < 4.78 is 33.5. The molecule has 0 bridgehead atoms. The first-order chi connectivity index (χ1) is 28.9. The molecule has 0 amide bonds. The SMILES string of the molecule is CC/C=C\C/C=C\C/C=C\C/C=C\CCCCCCCCCCCCCCC(=O)OC(COCCCCCCCCCCCCCCCCC)COP(=O)(O)OCCN. The van der Waals surface area contributed by atoms with E-state index < -0.39 is 13.9 Å². The van der Waals surface area contributed by atoms with Gasteiger partial charge >= 0.3 is 13.8 Å². The van der Waals surface area contributed by atoms with E-state index >= 15 is 0 Å². The van der Waals surface area contributed by atoms with Gasteiger partial charge in [0.1, 0.15) is 6.10 Å². The van der Waals surface area contributed by atoms with Crippen LogP contribution in [0.3, 0.4) is 0 Å². The summed E-state index contributed by atoms with van der Waals surface area (Å²) in [6.07, 6.45) is 57.1. The van der Waals surface area contributed by atoms with Gasteiger partial charge < -0.3 is 20.1 Å². The summed E-state index contributed by atoms with van der Waals surface area (Å²) in [5.74, 6) is -0.330. The number of phosphoric acid groups is 1. The van der Waals surface area contributed by atoms with Gasteiger partial charge in [0.15, 0.2) is 0 Å². The summed E-state index contributed by atoms with van der Waals surface area (Å²) in [7, 11) is -4.28. The summed E-state index contributed by atoms with van der Waals surface area (Å²) in [6.45, 7) is 4.84. The topological polar surface area (TPSA) is 117 Å². The number of esters is 1. The van der Waals surface area contributed by atoms with Gasteiger partial charge in [-0.1, -0.05) is 217 Å². The summed E-state index contributed by atoms with van der Waals surface area (Å²) in [6, 6.07) is 0. The summed E-state index contributed by atoms with van der Waals surface area (Å²) in [5, 5.41) is 0. The number of carbonyl (C=O) groups excluding carboxylic acids is 1. The van der Waals surface area contributed by atoms with Crippen molar-refractivity contribution in [2.24, 2.45) is 5.73 Å². The maximum absolute atomic E-state index is 12.6. The van der Waals surface area contributed by atoms with Crippen LogP contribution in [-0.2, 0) is 27.9 Å². The van der Waals surface area contributed by atoms with Crippen LogP contribution in [-0.4, -0.2) is 49.9 Å². The molecule has 0 saturated carbocycles. The zero-order valence-electron chi connectivity index (χ0n) is 38.5. The standard InChI is InChI=1S/C50H94NO7P/c1-3-5-7-9-11-13-15-17-19-20-21-22-23-24-25-26-27-28-29-31-33-35-37-39-41-43-50(52)58-49(48-57-59(53,54)56-46-44-51)47-55-45-42-40-38-36-34-32-30-18-16-14-12-10-8-6-4-2/h5,7,11,13,17,19,21-22,49H,3-4,6,8-10,12,14-16,18,20,23-48,51H2,1-2H3,(H,53,54)/b7-5-,13-11-,19-17-,22-21-. The van der Waals surface area contributed by atoms with Crippen LogP contribution in [0, 0.1) is 0 Å². The number of hydrogen-bond acceptors (Lipinski definition) is 7. The highest BCUT2D eigenvalue weighted by atomic mass is 31.2. The van der Waals surface area contributed by atoms with Crippen LogP contribution in [0.4, 0.5) is 0 Å². The Morgan fingerprint density at radius 2 is 0.949 bits per heavy atom. The molecule has 0 aliphatic rings. The van der Waals surface area contributed by atoms with Crippen LogP contribution >= 0.6 is 7.82 Å². The van der Waals surface area contributed by atoms with Crippen LogP contribution in [0.15, 0.2) is 48.6 Å². The Labute approximate surface area is 364 Å². The van der Waals surface area contributed by atoms with Crippen LogP contribution in [0.5, 0.6) is 0 Å². The van der Waals surface area contributed by atoms with Gasteiger partial charge in [0.2, 0.25) is 0 Å². The van der Waals surface area contributed by atoms with Crippen LogP contribution in [0.25, 0.3) is 0 Å². The van der Waals surface area contributed by atoms with Crippen molar-refractivity contribution in [3.63, 3.8) is 0 Å². The lowest BCUT2D eigenvalue weighted by atomic mass is 10.0. The molecule has 0 spiro atoms. The highest BCUT2D eigenvalue weighted by Crippen LogP contribution is 2.43. The molecule has 0 radical (unpaired) electrons. The fourth-order valence-electron chi connectivity index (χ4n) is 6.93. The number of unbranched alkanes of at least 4 members (excludes halogenated alkanes) is 26. The molecule has 346 valence electrons. The largest absolute Gasteiger partial charge is 0.472 e. The highest BCUT2D eigenvalue weighted by molar-refractivity contribution is 7.47. The molecule has 59 heavy (non-hydrogen) atoms. The number of rotatable bonds is 47. The second-order valence-electron chi connectivity index (χ2n) is 16.3. The van der Waals surface area contributed by atoms with E-state index in [1.165, 1.54) is 148 Å². The van der Waals surface area contributed by atoms with Crippen molar-refractivity contribution in [2.45, 2.75) is 232 Å². The molecule has 0 aliphatic carbocycles. The number of ether oxygens (including phenoxy) is 2. The van der Waals surface area contributed by atoms with Gasteiger partial charge in [-0.15, -0.1) is 0 Å². The molecule has 0 heterocycles. The van der Waals surface area contributed by atoms with Crippen molar-refractivity contribution in [1.29, 1.82) is 0 Å². The predicted molar refractivity (Wildman–Crippen MR) is 252 cm³/mol. The van der Waals surface area contributed by atoms with Crippen molar-refractivity contribution in [2.75, 3.05) is 33.0 Å². The van der Waals surface area contributed by atoms with E-state index in [0.717, 1.165) is 57.8 Å². The minimum absolute atomic E-state index is 0.0951. The fourth-order valence-corrected chi connectivity index (χ4v) is 7.70. The third-order valence-electron chi connectivity index (χ3n) is 10.5. The lowest BCUT2D eigenvalue weighted by molar-refractivity contribution is -0.154. The van der Waals surface area contributed by atoms with Gasteiger partial charge in [-0.2, -0.15) is 0 Å². The van der Waals surface area contributed by atoms with Crippen LogP contribution < -0.4 is 5.73 Å². The fraction of sp³-hybridized carbons (Fsp3) is 0.820. The Hall–Kier alpha value is -1.54. The molecular weight excluding hydrogens is 758 g/mol. The van der Waals surface area contributed by atoms with Crippen LogP contribution in [0.2, 0.25) is 0 Å². The maximum Gasteiger partial charge on any atom is 0.472 e. The van der Waals surface area contributed by atoms with Crippen molar-refractivity contribution in [1.82, 2.24) is 0 Å². The molecule has 2 unspecified atom stereocenters. The predicted octanol–water partition coefficient (Wildman–Crippen LogP) is 15.1. The van der Waals surface area contributed by atoms with E-state index in [4.69, 9.17) is 24.3 Å². The van der Waals surface area contributed by atoms with E-state index in [2.05, 4.69) is 62.5 Å². The lowest BCUT2D eigenvalue weighted by Gasteiger charge is -2.20.